The first-order valence-electron chi connectivity index (χ1n) is 9.95. The van der Waals surface area contributed by atoms with E-state index in [1.165, 1.54) is 18.6 Å². The quantitative estimate of drug-likeness (QED) is 0.607. The summed E-state index contributed by atoms with van der Waals surface area (Å²) in [6, 6.07) is 5.22. The van der Waals surface area contributed by atoms with Gasteiger partial charge < -0.3 is 14.8 Å². The molecule has 0 fully saturated rings. The lowest BCUT2D eigenvalue weighted by molar-refractivity contribution is -0.137. The molecule has 1 N–H and O–H groups in total. The predicted molar refractivity (Wildman–Crippen MR) is 105 cm³/mol. The number of benzene rings is 1. The summed E-state index contributed by atoms with van der Waals surface area (Å²) in [5, 5.41) is 11.8. The molecule has 1 aromatic heterocycles. The molecule has 9 heteroatoms. The lowest BCUT2D eigenvalue weighted by Crippen LogP contribution is -2.38. The van der Waals surface area contributed by atoms with Gasteiger partial charge in [0.15, 0.2) is 11.8 Å². The Morgan fingerprint density at radius 1 is 1.17 bits per heavy atom. The van der Waals surface area contributed by atoms with Gasteiger partial charge in [0.1, 0.15) is 12.4 Å². The zero-order valence-corrected chi connectivity index (χ0v) is 16.8. The molecule has 3 rings (SSSR count). The fourth-order valence-electron chi connectivity index (χ4n) is 3.43. The molecule has 0 saturated heterocycles. The van der Waals surface area contributed by atoms with Gasteiger partial charge in [-0.15, -0.1) is 10.2 Å². The van der Waals surface area contributed by atoms with Crippen LogP contribution in [-0.4, -0.2) is 39.2 Å². The molecule has 0 atom stereocenters. The summed E-state index contributed by atoms with van der Waals surface area (Å²) >= 11 is 0. The van der Waals surface area contributed by atoms with E-state index in [0.717, 1.165) is 55.2 Å². The van der Waals surface area contributed by atoms with Gasteiger partial charge in [0, 0.05) is 33.1 Å². The van der Waals surface area contributed by atoms with Crippen molar-refractivity contribution in [1.29, 1.82) is 0 Å². The summed E-state index contributed by atoms with van der Waals surface area (Å²) in [5.74, 6) is 2.55. The highest BCUT2D eigenvalue weighted by Crippen LogP contribution is 2.29. The lowest BCUT2D eigenvalue weighted by Gasteiger charge is -2.22. The van der Waals surface area contributed by atoms with Crippen molar-refractivity contribution in [3.63, 3.8) is 0 Å². The van der Waals surface area contributed by atoms with Crippen LogP contribution in [0.15, 0.2) is 29.3 Å². The van der Waals surface area contributed by atoms with E-state index in [1.54, 1.807) is 0 Å². The van der Waals surface area contributed by atoms with Crippen molar-refractivity contribution in [1.82, 2.24) is 25.0 Å². The summed E-state index contributed by atoms with van der Waals surface area (Å²) in [6.07, 6.45) is 0.0851. The lowest BCUT2D eigenvalue weighted by atomic mass is 10.1. The van der Waals surface area contributed by atoms with Crippen LogP contribution in [0.2, 0.25) is 0 Å². The maximum Gasteiger partial charge on any atom is 0.416 e. The summed E-state index contributed by atoms with van der Waals surface area (Å²) in [6.45, 7) is 4.44. The van der Waals surface area contributed by atoms with Gasteiger partial charge in [0.05, 0.1) is 5.56 Å². The minimum absolute atomic E-state index is 0.409. The summed E-state index contributed by atoms with van der Waals surface area (Å²) in [5.41, 5.74) is 0.138. The third-order valence-electron chi connectivity index (χ3n) is 4.95. The number of halogens is 3. The highest BCUT2D eigenvalue weighted by atomic mass is 19.4. The van der Waals surface area contributed by atoms with Gasteiger partial charge in [-0.3, -0.25) is 0 Å². The molecular formula is C20H27F3N6. The fourth-order valence-corrected chi connectivity index (χ4v) is 3.43. The number of fused-ring (bicyclic) bond motifs is 1. The van der Waals surface area contributed by atoms with Crippen LogP contribution in [0, 0.1) is 0 Å². The molecule has 0 bridgehead atoms. The highest BCUT2D eigenvalue weighted by Gasteiger charge is 2.30. The molecule has 1 aromatic carbocycles. The monoisotopic (exact) mass is 408 g/mol. The van der Waals surface area contributed by atoms with E-state index in [1.807, 2.05) is 18.9 Å². The standard InChI is InChI=1S/C20H27F3N6/c1-3-24-19(25-13-18-27-26-17-7-5-4-6-12-29(17)18)28(2)14-15-8-10-16(11-9-15)20(21,22)23/h8-11H,3-7,12-14H2,1-2H3,(H,24,25). The molecule has 0 radical (unpaired) electrons. The van der Waals surface area contributed by atoms with Crippen molar-refractivity contribution >= 4 is 5.96 Å². The van der Waals surface area contributed by atoms with E-state index in [0.29, 0.717) is 25.6 Å². The number of hydrogen-bond acceptors (Lipinski definition) is 3. The smallest absolute Gasteiger partial charge is 0.357 e. The van der Waals surface area contributed by atoms with E-state index in [9.17, 15) is 13.2 Å². The van der Waals surface area contributed by atoms with Crippen molar-refractivity contribution in [2.24, 2.45) is 4.99 Å². The third-order valence-corrected chi connectivity index (χ3v) is 4.95. The zero-order valence-electron chi connectivity index (χ0n) is 16.8. The van der Waals surface area contributed by atoms with Crippen molar-refractivity contribution in [2.75, 3.05) is 13.6 Å². The van der Waals surface area contributed by atoms with Gasteiger partial charge in [-0.05, 0) is 37.5 Å². The Balaban J connectivity index is 1.69. The molecule has 2 aromatic rings. The molecule has 2 heterocycles. The summed E-state index contributed by atoms with van der Waals surface area (Å²) in [7, 11) is 1.86. The number of guanidine groups is 1. The predicted octanol–water partition coefficient (Wildman–Crippen LogP) is 3.62. The molecule has 0 saturated carbocycles. The second kappa shape index (κ2) is 9.28. The number of aromatic nitrogens is 3. The van der Waals surface area contributed by atoms with E-state index in [4.69, 9.17) is 0 Å². The van der Waals surface area contributed by atoms with Gasteiger partial charge >= 0.3 is 6.18 Å². The van der Waals surface area contributed by atoms with Crippen LogP contribution in [-0.2, 0) is 32.2 Å². The van der Waals surface area contributed by atoms with Crippen LogP contribution in [0.3, 0.4) is 0 Å². The molecule has 6 nitrogen and oxygen atoms in total. The van der Waals surface area contributed by atoms with Crippen molar-refractivity contribution < 1.29 is 13.2 Å². The number of nitrogens with one attached hydrogen (secondary N) is 1. The maximum absolute atomic E-state index is 12.7. The van der Waals surface area contributed by atoms with Crippen molar-refractivity contribution in [3.05, 3.63) is 47.0 Å². The molecule has 0 spiro atoms. The zero-order chi connectivity index (χ0) is 20.9. The maximum atomic E-state index is 12.7. The summed E-state index contributed by atoms with van der Waals surface area (Å²) in [4.78, 5) is 6.57. The Morgan fingerprint density at radius 3 is 2.62 bits per heavy atom. The van der Waals surface area contributed by atoms with Gasteiger partial charge in [-0.2, -0.15) is 13.2 Å². The second-order valence-corrected chi connectivity index (χ2v) is 7.22. The molecule has 0 aliphatic carbocycles. The minimum atomic E-state index is -4.32. The molecule has 0 amide bonds. The van der Waals surface area contributed by atoms with E-state index in [2.05, 4.69) is 25.1 Å². The Morgan fingerprint density at radius 2 is 1.93 bits per heavy atom. The Bertz CT molecular complexity index is 826. The Labute approximate surface area is 168 Å². The van der Waals surface area contributed by atoms with Gasteiger partial charge in [0.25, 0.3) is 0 Å². The SMILES string of the molecule is CCNC(=NCc1nnc2n1CCCCC2)N(C)Cc1ccc(C(F)(F)F)cc1. The fraction of sp³-hybridized carbons (Fsp3) is 0.550. The van der Waals surface area contributed by atoms with E-state index < -0.39 is 11.7 Å². The van der Waals surface area contributed by atoms with E-state index >= 15 is 0 Å². The van der Waals surface area contributed by atoms with Crippen LogP contribution in [0.4, 0.5) is 13.2 Å². The highest BCUT2D eigenvalue weighted by molar-refractivity contribution is 5.79. The first kappa shape index (κ1) is 21.1. The Hall–Kier alpha value is -2.58. The van der Waals surface area contributed by atoms with E-state index in [-0.39, 0.29) is 0 Å². The molecule has 1 aliphatic rings. The number of rotatable bonds is 5. The topological polar surface area (TPSA) is 58.3 Å². The molecule has 29 heavy (non-hydrogen) atoms. The number of alkyl halides is 3. The number of hydrogen-bond donors (Lipinski definition) is 1. The first-order chi connectivity index (χ1) is 13.9. The van der Waals surface area contributed by atoms with Crippen LogP contribution in [0.25, 0.3) is 0 Å². The average molecular weight is 408 g/mol. The van der Waals surface area contributed by atoms with Crippen LogP contribution >= 0.6 is 0 Å². The first-order valence-corrected chi connectivity index (χ1v) is 9.95. The van der Waals surface area contributed by atoms with Crippen LogP contribution < -0.4 is 5.32 Å². The van der Waals surface area contributed by atoms with Gasteiger partial charge in [-0.25, -0.2) is 4.99 Å². The van der Waals surface area contributed by atoms with Crippen molar-refractivity contribution in [2.45, 2.75) is 58.4 Å². The number of aliphatic imine (C=N–C) groups is 1. The van der Waals surface area contributed by atoms with Crippen molar-refractivity contribution in [3.8, 4) is 0 Å². The molecular weight excluding hydrogens is 381 g/mol. The Kier molecular flexibility index (Phi) is 6.76. The summed E-state index contributed by atoms with van der Waals surface area (Å²) < 4.78 is 40.4. The molecule has 1 aliphatic heterocycles. The average Bonchev–Trinajstić information content (AvgIpc) is 2.91. The molecule has 158 valence electrons. The van der Waals surface area contributed by atoms with Gasteiger partial charge in [-0.1, -0.05) is 18.6 Å². The normalized spacial score (nSPS) is 15.0. The van der Waals surface area contributed by atoms with Crippen LogP contribution in [0.1, 0.15) is 49.0 Å². The third kappa shape index (κ3) is 5.48. The van der Waals surface area contributed by atoms with Gasteiger partial charge in [0.2, 0.25) is 0 Å². The number of nitrogens with zero attached hydrogens (tertiary/aromatic N) is 5. The molecule has 0 unspecified atom stereocenters. The van der Waals surface area contributed by atoms with Crippen LogP contribution in [0.5, 0.6) is 0 Å². The largest absolute Gasteiger partial charge is 0.416 e. The number of aryl methyl sites for hydroxylation is 1. The second-order valence-electron chi connectivity index (χ2n) is 7.22. The minimum Gasteiger partial charge on any atom is -0.357 e.